The van der Waals surface area contributed by atoms with E-state index in [1.165, 1.54) is 5.56 Å². The SMILES string of the molecule is COc1ccc2cc3[n+](cc2c1OCC(O)CN1CCOCC1)CCc1cc2c(cc1-3)OCO2.[Br-]. The minimum atomic E-state index is -0.598. The molecule has 1 atom stereocenters. The molecule has 0 radical (unpaired) electrons. The molecule has 3 aliphatic rings. The number of benzene rings is 2. The number of aliphatic hydroxyl groups is 1. The van der Waals surface area contributed by atoms with Crippen LogP contribution in [0, 0.1) is 0 Å². The normalized spacial score (nSPS) is 17.3. The zero-order chi connectivity index (χ0) is 23.1. The van der Waals surface area contributed by atoms with Crippen molar-refractivity contribution < 1.29 is 50.3 Å². The third-order valence-electron chi connectivity index (χ3n) is 6.79. The van der Waals surface area contributed by atoms with Crippen LogP contribution >= 0.6 is 0 Å². The average Bonchev–Trinajstić information content (AvgIpc) is 3.33. The lowest BCUT2D eigenvalue weighted by atomic mass is 9.95. The van der Waals surface area contributed by atoms with Gasteiger partial charge in [-0.2, -0.15) is 4.57 Å². The molecule has 0 amide bonds. The molecule has 3 aromatic rings. The van der Waals surface area contributed by atoms with Gasteiger partial charge in [0.05, 0.1) is 31.3 Å². The Morgan fingerprint density at radius 1 is 1.11 bits per heavy atom. The summed E-state index contributed by atoms with van der Waals surface area (Å²) >= 11 is 0. The molecule has 1 unspecified atom stereocenters. The van der Waals surface area contributed by atoms with Gasteiger partial charge < -0.3 is 45.8 Å². The van der Waals surface area contributed by atoms with Crippen molar-refractivity contribution in [3.8, 4) is 34.3 Å². The zero-order valence-electron chi connectivity index (χ0n) is 19.7. The monoisotopic (exact) mass is 544 g/mol. The summed E-state index contributed by atoms with van der Waals surface area (Å²) in [6, 6.07) is 10.3. The van der Waals surface area contributed by atoms with Crippen molar-refractivity contribution >= 4 is 10.8 Å². The van der Waals surface area contributed by atoms with Crippen molar-refractivity contribution in [2.45, 2.75) is 19.1 Å². The number of rotatable bonds is 6. The smallest absolute Gasteiger partial charge is 0.231 e. The standard InChI is InChI=1S/C26H29N2O6.BrH/c1-30-23-3-2-17-10-22-20-12-25-24(33-16-34-25)11-18(20)4-5-28(22)14-21(17)26(23)32-15-19(29)13-27-6-8-31-9-7-27;/h2-3,10-12,14,19,29H,4-9,13,15-16H2,1H3;1H/q+1;/p-1. The molecular weight excluding hydrogens is 516 g/mol. The number of pyridine rings is 1. The highest BCUT2D eigenvalue weighted by Crippen LogP contribution is 2.41. The van der Waals surface area contributed by atoms with Crippen molar-refractivity contribution in [1.29, 1.82) is 0 Å². The molecule has 0 bridgehead atoms. The first kappa shape index (κ1) is 24.1. The second-order valence-electron chi connectivity index (χ2n) is 8.94. The number of methoxy groups -OCH3 is 1. The summed E-state index contributed by atoms with van der Waals surface area (Å²) in [5.41, 5.74) is 3.56. The number of hydrogen-bond donors (Lipinski definition) is 1. The fourth-order valence-electron chi connectivity index (χ4n) is 5.02. The summed E-state index contributed by atoms with van der Waals surface area (Å²) in [4.78, 5) is 2.20. The van der Waals surface area contributed by atoms with Crippen molar-refractivity contribution in [3.63, 3.8) is 0 Å². The maximum absolute atomic E-state index is 10.6. The number of nitrogens with zero attached hydrogens (tertiary/aromatic N) is 2. The topological polar surface area (TPSA) is 73.5 Å². The van der Waals surface area contributed by atoms with E-state index in [0.717, 1.165) is 59.6 Å². The molecule has 0 saturated carbocycles. The molecule has 4 heterocycles. The average molecular weight is 545 g/mol. The molecule has 1 fully saturated rings. The van der Waals surface area contributed by atoms with Gasteiger partial charge in [0, 0.05) is 32.1 Å². The Bertz CT molecular complexity index is 1230. The molecule has 3 aliphatic heterocycles. The second kappa shape index (κ2) is 10.2. The van der Waals surface area contributed by atoms with Gasteiger partial charge in [-0.15, -0.1) is 0 Å². The molecule has 0 aliphatic carbocycles. The van der Waals surface area contributed by atoms with Gasteiger partial charge in [0.15, 0.2) is 35.7 Å². The molecule has 0 spiro atoms. The molecule has 6 rings (SSSR count). The second-order valence-corrected chi connectivity index (χ2v) is 8.94. The molecular formula is C26H29BrN2O6. The van der Waals surface area contributed by atoms with Crippen LogP contribution in [0.25, 0.3) is 22.0 Å². The molecule has 9 heteroatoms. The van der Waals surface area contributed by atoms with Crippen molar-refractivity contribution in [2.75, 3.05) is 53.4 Å². The number of ether oxygens (including phenoxy) is 5. The van der Waals surface area contributed by atoms with E-state index in [-0.39, 0.29) is 30.4 Å². The first-order chi connectivity index (χ1) is 16.7. The van der Waals surface area contributed by atoms with Crippen LogP contribution in [-0.2, 0) is 17.7 Å². The lowest BCUT2D eigenvalue weighted by Crippen LogP contribution is -3.00. The van der Waals surface area contributed by atoms with Gasteiger partial charge in [-0.3, -0.25) is 4.90 Å². The number of aliphatic hydroxyl groups excluding tert-OH is 1. The Morgan fingerprint density at radius 2 is 1.91 bits per heavy atom. The maximum Gasteiger partial charge on any atom is 0.231 e. The van der Waals surface area contributed by atoms with Crippen LogP contribution in [0.15, 0.2) is 36.5 Å². The van der Waals surface area contributed by atoms with E-state index >= 15 is 0 Å². The van der Waals surface area contributed by atoms with Crippen molar-refractivity contribution in [2.24, 2.45) is 0 Å². The first-order valence-corrected chi connectivity index (χ1v) is 11.8. The van der Waals surface area contributed by atoms with Crippen LogP contribution in [0.1, 0.15) is 5.56 Å². The van der Waals surface area contributed by atoms with E-state index < -0.39 is 6.10 Å². The van der Waals surface area contributed by atoms with Crippen molar-refractivity contribution in [1.82, 2.24) is 4.90 Å². The van der Waals surface area contributed by atoms with E-state index in [2.05, 4.69) is 33.9 Å². The number of fused-ring (bicyclic) bond motifs is 5. The molecule has 186 valence electrons. The minimum Gasteiger partial charge on any atom is -1.00 e. The van der Waals surface area contributed by atoms with Crippen LogP contribution < -0.4 is 40.5 Å². The van der Waals surface area contributed by atoms with E-state index in [9.17, 15) is 5.11 Å². The molecule has 1 N–H and O–H groups in total. The number of morpholine rings is 1. The third-order valence-corrected chi connectivity index (χ3v) is 6.79. The van der Waals surface area contributed by atoms with Crippen molar-refractivity contribution in [3.05, 3.63) is 42.1 Å². The van der Waals surface area contributed by atoms with E-state index in [1.807, 2.05) is 12.1 Å². The Hall–Kier alpha value is -2.59. The van der Waals surface area contributed by atoms with Gasteiger partial charge in [0.2, 0.25) is 12.5 Å². The summed E-state index contributed by atoms with van der Waals surface area (Å²) in [6.07, 6.45) is 2.44. The maximum atomic E-state index is 10.6. The lowest BCUT2D eigenvalue weighted by Gasteiger charge is -2.28. The Labute approximate surface area is 214 Å². The number of aromatic nitrogens is 1. The molecule has 1 saturated heterocycles. The fraction of sp³-hybridized carbons (Fsp3) is 0.423. The summed E-state index contributed by atoms with van der Waals surface area (Å²) < 4.78 is 30.6. The quantitative estimate of drug-likeness (QED) is 0.406. The predicted molar refractivity (Wildman–Crippen MR) is 125 cm³/mol. The van der Waals surface area contributed by atoms with Crippen LogP contribution in [0.2, 0.25) is 0 Å². The van der Waals surface area contributed by atoms with Crippen LogP contribution in [0.5, 0.6) is 23.0 Å². The van der Waals surface area contributed by atoms with Crippen LogP contribution in [0.4, 0.5) is 0 Å². The van der Waals surface area contributed by atoms with Crippen LogP contribution in [0.3, 0.4) is 0 Å². The Balaban J connectivity index is 0.00000253. The molecule has 8 nitrogen and oxygen atoms in total. The first-order valence-electron chi connectivity index (χ1n) is 11.8. The Kier molecular flexibility index (Phi) is 7.02. The van der Waals surface area contributed by atoms with E-state index in [0.29, 0.717) is 31.3 Å². The molecule has 35 heavy (non-hydrogen) atoms. The number of hydrogen-bond acceptors (Lipinski definition) is 7. The Morgan fingerprint density at radius 3 is 2.71 bits per heavy atom. The number of β-amino-alcohol motifs (C(OH)–C–C–N with tert-alkyl or cyclic N) is 1. The van der Waals surface area contributed by atoms with Gasteiger partial charge >= 0.3 is 0 Å². The van der Waals surface area contributed by atoms with Gasteiger partial charge in [-0.25, -0.2) is 0 Å². The van der Waals surface area contributed by atoms with Crippen LogP contribution in [-0.4, -0.2) is 69.5 Å². The van der Waals surface area contributed by atoms with Gasteiger partial charge in [0.25, 0.3) is 0 Å². The van der Waals surface area contributed by atoms with Gasteiger partial charge in [0.1, 0.15) is 12.7 Å². The van der Waals surface area contributed by atoms with E-state index in [4.69, 9.17) is 23.7 Å². The summed E-state index contributed by atoms with van der Waals surface area (Å²) in [7, 11) is 1.64. The molecule has 2 aromatic carbocycles. The summed E-state index contributed by atoms with van der Waals surface area (Å²) in [5, 5.41) is 12.6. The summed E-state index contributed by atoms with van der Waals surface area (Å²) in [5.74, 6) is 2.93. The highest BCUT2D eigenvalue weighted by Gasteiger charge is 2.29. The minimum absolute atomic E-state index is 0. The lowest BCUT2D eigenvalue weighted by molar-refractivity contribution is -0.686. The summed E-state index contributed by atoms with van der Waals surface area (Å²) in [6.45, 7) is 4.96. The number of aryl methyl sites for hydroxylation is 2. The highest BCUT2D eigenvalue weighted by atomic mass is 79.9. The van der Waals surface area contributed by atoms with Gasteiger partial charge in [-0.05, 0) is 35.2 Å². The fourth-order valence-corrected chi connectivity index (χ4v) is 5.02. The zero-order valence-corrected chi connectivity index (χ0v) is 21.3. The largest absolute Gasteiger partial charge is 1.00 e. The molecule has 1 aromatic heterocycles. The number of halogens is 1. The highest BCUT2D eigenvalue weighted by molar-refractivity contribution is 5.91. The third kappa shape index (κ3) is 4.65. The predicted octanol–water partition coefficient (Wildman–Crippen LogP) is -0.836. The van der Waals surface area contributed by atoms with E-state index in [1.54, 1.807) is 7.11 Å². The van der Waals surface area contributed by atoms with Gasteiger partial charge in [-0.1, -0.05) is 0 Å².